The van der Waals surface area contributed by atoms with E-state index in [1.165, 1.54) is 35.7 Å². The average Bonchev–Trinajstić information content (AvgIpc) is 3.46. The van der Waals surface area contributed by atoms with Gasteiger partial charge < -0.3 is 9.80 Å². The van der Waals surface area contributed by atoms with Crippen molar-refractivity contribution in [3.8, 4) is 5.69 Å². The molecule has 1 aromatic carbocycles. The van der Waals surface area contributed by atoms with Crippen molar-refractivity contribution >= 4 is 23.6 Å². The van der Waals surface area contributed by atoms with Crippen LogP contribution in [0.15, 0.2) is 35.7 Å². The molecule has 2 heterocycles. The molecule has 1 aliphatic carbocycles. The highest BCUT2D eigenvalue weighted by Crippen LogP contribution is 2.27. The van der Waals surface area contributed by atoms with Crippen LogP contribution in [0.2, 0.25) is 0 Å². The molecule has 0 N–H and O–H groups in total. The third kappa shape index (κ3) is 4.41. The van der Waals surface area contributed by atoms with E-state index in [4.69, 9.17) is 0 Å². The highest BCUT2D eigenvalue weighted by atomic mass is 32.2. The van der Waals surface area contributed by atoms with E-state index in [2.05, 4.69) is 35.5 Å². The minimum atomic E-state index is 0.114. The van der Waals surface area contributed by atoms with Crippen molar-refractivity contribution < 1.29 is 9.59 Å². The molecular formula is C23H30N4O2S. The summed E-state index contributed by atoms with van der Waals surface area (Å²) in [6.07, 6.45) is 8.13. The molecule has 160 valence electrons. The minimum Gasteiger partial charge on any atom is -0.339 e. The zero-order valence-electron chi connectivity index (χ0n) is 17.8. The van der Waals surface area contributed by atoms with Gasteiger partial charge in [-0.25, -0.2) is 4.98 Å². The molecule has 0 unspecified atom stereocenters. The first kappa shape index (κ1) is 21.0. The minimum absolute atomic E-state index is 0.114. The summed E-state index contributed by atoms with van der Waals surface area (Å²) in [4.78, 5) is 33.7. The lowest BCUT2D eigenvalue weighted by Gasteiger charge is -2.36. The number of aryl methyl sites for hydroxylation is 1. The zero-order chi connectivity index (χ0) is 21.1. The maximum absolute atomic E-state index is 12.8. The number of hydrogen-bond donors (Lipinski definition) is 0. The zero-order valence-corrected chi connectivity index (χ0v) is 18.7. The van der Waals surface area contributed by atoms with E-state index in [1.54, 1.807) is 6.20 Å². The summed E-state index contributed by atoms with van der Waals surface area (Å²) in [5.41, 5.74) is 3.55. The molecule has 7 heteroatoms. The quantitative estimate of drug-likeness (QED) is 0.687. The Balaban J connectivity index is 1.31. The molecule has 2 aliphatic rings. The molecular weight excluding hydrogens is 396 g/mol. The number of rotatable bonds is 5. The van der Waals surface area contributed by atoms with Crippen molar-refractivity contribution in [3.63, 3.8) is 0 Å². The van der Waals surface area contributed by atoms with Gasteiger partial charge in [0.05, 0.1) is 11.4 Å². The summed E-state index contributed by atoms with van der Waals surface area (Å²) >= 11 is 1.47. The maximum atomic E-state index is 12.8. The predicted molar refractivity (Wildman–Crippen MR) is 119 cm³/mol. The number of amides is 2. The van der Waals surface area contributed by atoms with Crippen molar-refractivity contribution in [2.45, 2.75) is 44.7 Å². The van der Waals surface area contributed by atoms with Crippen LogP contribution in [0, 0.1) is 19.8 Å². The first-order valence-corrected chi connectivity index (χ1v) is 11.8. The van der Waals surface area contributed by atoms with Gasteiger partial charge in [-0.2, -0.15) is 0 Å². The van der Waals surface area contributed by atoms with E-state index < -0.39 is 0 Å². The Morgan fingerprint density at radius 3 is 2.50 bits per heavy atom. The number of carbonyl (C=O) groups is 2. The SMILES string of the molecule is Cc1cccc(-n2ccnc2SCC(=O)N2CCN(C(=O)C3CCCC3)CC2)c1C. The third-order valence-corrected chi connectivity index (χ3v) is 7.37. The standard InChI is InChI=1S/C23H30N4O2S/c1-17-6-5-9-20(18(17)2)27-11-10-24-23(27)30-16-21(28)25-12-14-26(15-13-25)22(29)19-7-3-4-8-19/h5-6,9-11,19H,3-4,7-8,12-16H2,1-2H3. The molecule has 0 atom stereocenters. The van der Waals surface area contributed by atoms with Gasteiger partial charge in [0.15, 0.2) is 5.16 Å². The van der Waals surface area contributed by atoms with Gasteiger partial charge in [-0.15, -0.1) is 0 Å². The van der Waals surface area contributed by atoms with Crippen LogP contribution in [0.25, 0.3) is 5.69 Å². The third-order valence-electron chi connectivity index (χ3n) is 6.42. The first-order valence-electron chi connectivity index (χ1n) is 10.8. The number of hydrogen-bond acceptors (Lipinski definition) is 4. The molecule has 0 radical (unpaired) electrons. The molecule has 1 aromatic heterocycles. The summed E-state index contributed by atoms with van der Waals surface area (Å²) in [5, 5.41) is 0.826. The lowest BCUT2D eigenvalue weighted by Crippen LogP contribution is -2.52. The summed E-state index contributed by atoms with van der Waals surface area (Å²) in [5.74, 6) is 0.984. The van der Waals surface area contributed by atoms with Crippen LogP contribution in [0.4, 0.5) is 0 Å². The Morgan fingerprint density at radius 2 is 1.77 bits per heavy atom. The topological polar surface area (TPSA) is 58.4 Å². The molecule has 1 aliphatic heterocycles. The van der Waals surface area contributed by atoms with Gasteiger partial charge >= 0.3 is 0 Å². The first-order chi connectivity index (χ1) is 14.5. The fraction of sp³-hybridized carbons (Fsp3) is 0.522. The molecule has 2 amide bonds. The molecule has 0 bridgehead atoms. The molecule has 2 aromatic rings. The fourth-order valence-corrected chi connectivity index (χ4v) is 5.27. The van der Waals surface area contributed by atoms with Gasteiger partial charge in [0.1, 0.15) is 0 Å². The monoisotopic (exact) mass is 426 g/mol. The highest BCUT2D eigenvalue weighted by Gasteiger charge is 2.30. The Hall–Kier alpha value is -2.28. The smallest absolute Gasteiger partial charge is 0.233 e. The van der Waals surface area contributed by atoms with E-state index >= 15 is 0 Å². The fourth-order valence-electron chi connectivity index (χ4n) is 4.40. The number of imidazole rings is 1. The normalized spacial score (nSPS) is 17.5. The second-order valence-electron chi connectivity index (χ2n) is 8.27. The van der Waals surface area contributed by atoms with Crippen molar-refractivity contribution in [1.82, 2.24) is 19.4 Å². The van der Waals surface area contributed by atoms with Crippen LogP contribution < -0.4 is 0 Å². The van der Waals surface area contributed by atoms with Crippen LogP contribution in [0.5, 0.6) is 0 Å². The van der Waals surface area contributed by atoms with E-state index in [-0.39, 0.29) is 11.8 Å². The van der Waals surface area contributed by atoms with Crippen molar-refractivity contribution in [1.29, 1.82) is 0 Å². The van der Waals surface area contributed by atoms with Crippen molar-refractivity contribution in [2.75, 3.05) is 31.9 Å². The average molecular weight is 427 g/mol. The molecule has 6 nitrogen and oxygen atoms in total. The van der Waals surface area contributed by atoms with E-state index in [1.807, 2.05) is 22.1 Å². The second kappa shape index (κ2) is 9.25. The van der Waals surface area contributed by atoms with Gasteiger partial charge in [-0.05, 0) is 43.9 Å². The lowest BCUT2D eigenvalue weighted by molar-refractivity contribution is -0.141. The summed E-state index contributed by atoms with van der Waals surface area (Å²) in [6, 6.07) is 6.23. The molecule has 4 rings (SSSR count). The number of thioether (sulfide) groups is 1. The molecule has 30 heavy (non-hydrogen) atoms. The highest BCUT2D eigenvalue weighted by molar-refractivity contribution is 7.99. The van der Waals surface area contributed by atoms with E-state index in [9.17, 15) is 9.59 Å². The van der Waals surface area contributed by atoms with Gasteiger partial charge in [-0.1, -0.05) is 36.7 Å². The Kier molecular flexibility index (Phi) is 6.46. The van der Waals surface area contributed by atoms with E-state index in [0.29, 0.717) is 37.8 Å². The van der Waals surface area contributed by atoms with Crippen molar-refractivity contribution in [2.24, 2.45) is 5.92 Å². The maximum Gasteiger partial charge on any atom is 0.233 e. The Labute approximate surface area is 182 Å². The largest absolute Gasteiger partial charge is 0.339 e. The van der Waals surface area contributed by atoms with E-state index in [0.717, 1.165) is 23.7 Å². The van der Waals surface area contributed by atoms with Gasteiger partial charge in [0.2, 0.25) is 11.8 Å². The van der Waals surface area contributed by atoms with Gasteiger partial charge in [-0.3, -0.25) is 14.2 Å². The Bertz CT molecular complexity index is 912. The van der Waals surface area contributed by atoms with Gasteiger partial charge in [0.25, 0.3) is 0 Å². The number of aromatic nitrogens is 2. The molecule has 2 fully saturated rings. The number of nitrogens with zero attached hydrogens (tertiary/aromatic N) is 4. The Morgan fingerprint density at radius 1 is 1.07 bits per heavy atom. The number of benzene rings is 1. The molecule has 1 saturated heterocycles. The molecule has 0 spiro atoms. The lowest BCUT2D eigenvalue weighted by atomic mass is 10.1. The number of piperazine rings is 1. The molecule has 1 saturated carbocycles. The predicted octanol–water partition coefficient (Wildman–Crippen LogP) is 3.44. The van der Waals surface area contributed by atoms with Crippen LogP contribution in [0.3, 0.4) is 0 Å². The van der Waals surface area contributed by atoms with Gasteiger partial charge in [0, 0.05) is 44.5 Å². The number of carbonyl (C=O) groups excluding carboxylic acids is 2. The van der Waals surface area contributed by atoms with Crippen LogP contribution >= 0.6 is 11.8 Å². The summed E-state index contributed by atoms with van der Waals surface area (Å²) in [7, 11) is 0. The summed E-state index contributed by atoms with van der Waals surface area (Å²) < 4.78 is 2.05. The van der Waals surface area contributed by atoms with Crippen LogP contribution in [0.1, 0.15) is 36.8 Å². The van der Waals surface area contributed by atoms with Crippen LogP contribution in [-0.4, -0.2) is 63.1 Å². The van der Waals surface area contributed by atoms with Crippen LogP contribution in [-0.2, 0) is 9.59 Å². The summed E-state index contributed by atoms with van der Waals surface area (Å²) in [6.45, 7) is 6.78. The second-order valence-corrected chi connectivity index (χ2v) is 9.22. The van der Waals surface area contributed by atoms with Crippen molar-refractivity contribution in [3.05, 3.63) is 41.7 Å².